The van der Waals surface area contributed by atoms with Crippen LogP contribution < -0.4 is 10.1 Å². The third-order valence-corrected chi connectivity index (χ3v) is 5.45. The lowest BCUT2D eigenvalue weighted by Gasteiger charge is -2.15. The van der Waals surface area contributed by atoms with Gasteiger partial charge in [0.2, 0.25) is 0 Å². The van der Waals surface area contributed by atoms with Gasteiger partial charge < -0.3 is 14.6 Å². The van der Waals surface area contributed by atoms with Gasteiger partial charge in [-0.2, -0.15) is 18.3 Å². The smallest absolute Gasteiger partial charge is 0.422 e. The molecule has 0 spiro atoms. The first-order valence-electron chi connectivity index (χ1n) is 9.66. The van der Waals surface area contributed by atoms with E-state index in [1.165, 1.54) is 0 Å². The van der Waals surface area contributed by atoms with Crippen LogP contribution in [0.5, 0.6) is 5.75 Å². The molecule has 2 N–H and O–H groups in total. The Kier molecular flexibility index (Phi) is 5.61. The molecule has 1 aromatic carbocycles. The number of alkyl halides is 3. The number of nitrogens with one attached hydrogen (secondary N) is 2. The van der Waals surface area contributed by atoms with E-state index in [0.29, 0.717) is 12.2 Å². The summed E-state index contributed by atoms with van der Waals surface area (Å²) in [5.74, 6) is -1.21. The Labute approximate surface area is 184 Å². The molecule has 1 unspecified atom stereocenters. The van der Waals surface area contributed by atoms with E-state index in [9.17, 15) is 22.4 Å². The third kappa shape index (κ3) is 4.29. The summed E-state index contributed by atoms with van der Waals surface area (Å²) in [5, 5.41) is 8.65. The summed E-state index contributed by atoms with van der Waals surface area (Å²) in [6, 6.07) is 1.89. The average Bonchev–Trinajstić information content (AvgIpc) is 3.38. The Bertz CT molecular complexity index is 1170. The monoisotopic (exact) mass is 471 g/mol. The first-order chi connectivity index (χ1) is 15.0. The lowest BCUT2D eigenvalue weighted by Crippen LogP contribution is -2.21. The molecule has 0 saturated carbocycles. The van der Waals surface area contributed by atoms with Gasteiger partial charge in [0.25, 0.3) is 5.91 Å². The van der Waals surface area contributed by atoms with E-state index >= 15 is 0 Å². The summed E-state index contributed by atoms with van der Waals surface area (Å²) in [6.45, 7) is 2.63. The average molecular weight is 472 g/mol. The van der Waals surface area contributed by atoms with Crippen molar-refractivity contribution in [2.24, 2.45) is 0 Å². The van der Waals surface area contributed by atoms with Crippen molar-refractivity contribution < 1.29 is 27.1 Å². The van der Waals surface area contributed by atoms with E-state index in [4.69, 9.17) is 16.3 Å². The maximum Gasteiger partial charge on any atom is 0.422 e. The van der Waals surface area contributed by atoms with Gasteiger partial charge in [-0.05, 0) is 25.5 Å². The van der Waals surface area contributed by atoms with Gasteiger partial charge in [-0.3, -0.25) is 9.89 Å². The zero-order valence-corrected chi connectivity index (χ0v) is 17.7. The highest BCUT2D eigenvalue weighted by molar-refractivity contribution is 6.33. The van der Waals surface area contributed by atoms with Gasteiger partial charge in [0.1, 0.15) is 23.1 Å². The second-order valence-electron chi connectivity index (χ2n) is 7.57. The summed E-state index contributed by atoms with van der Waals surface area (Å²) in [4.78, 5) is 17.2. The zero-order valence-electron chi connectivity index (χ0n) is 17.0. The number of H-pyrrole nitrogens is 1. The lowest BCUT2D eigenvalue weighted by molar-refractivity contribution is -0.153. The second kappa shape index (κ2) is 8.12. The van der Waals surface area contributed by atoms with E-state index in [-0.39, 0.29) is 28.0 Å². The van der Waals surface area contributed by atoms with Crippen LogP contribution in [0, 0.1) is 12.7 Å². The number of fused-ring (bicyclic) bond motifs is 1. The fraction of sp³-hybridized carbons (Fsp3) is 0.350. The summed E-state index contributed by atoms with van der Waals surface area (Å²) in [5.41, 5.74) is 0.307. The molecule has 1 aliphatic rings. The molecular weight excluding hydrogens is 454 g/mol. The number of carbonyl (C=O) groups is 1. The van der Waals surface area contributed by atoms with Gasteiger partial charge >= 0.3 is 6.18 Å². The molecule has 170 valence electrons. The molecule has 1 aliphatic heterocycles. The number of aromatic nitrogens is 4. The quantitative estimate of drug-likeness (QED) is 0.508. The van der Waals surface area contributed by atoms with Crippen LogP contribution in [0.3, 0.4) is 0 Å². The highest BCUT2D eigenvalue weighted by Gasteiger charge is 2.31. The molecule has 3 heterocycles. The molecule has 4 rings (SSSR count). The summed E-state index contributed by atoms with van der Waals surface area (Å²) < 4.78 is 60.1. The number of aryl methyl sites for hydroxylation is 2. The van der Waals surface area contributed by atoms with Gasteiger partial charge in [0, 0.05) is 24.2 Å². The first kappa shape index (κ1) is 22.1. The standard InChI is InChI=1S/C20H18ClF4N5O2/c1-9-3-4-30-7-14(26-18(9)30)11-6-15(32-8-20(23,24)25)12(5-13(11)22)19(31)27-16-10(2)28-29-17(16)21/h5-7,9H,3-4,8H2,1-2H3,(H,27,31)(H,28,29). The van der Waals surface area contributed by atoms with Crippen LogP contribution in [-0.2, 0) is 6.54 Å². The van der Waals surface area contributed by atoms with Gasteiger partial charge in [-0.15, -0.1) is 0 Å². The molecule has 1 amide bonds. The molecule has 0 radical (unpaired) electrons. The minimum absolute atomic E-state index is 0.0488. The Balaban J connectivity index is 1.73. The summed E-state index contributed by atoms with van der Waals surface area (Å²) >= 11 is 5.90. The minimum Gasteiger partial charge on any atom is -0.483 e. The number of benzene rings is 1. The predicted octanol–water partition coefficient (Wildman–Crippen LogP) is 5.07. The van der Waals surface area contributed by atoms with Crippen molar-refractivity contribution in [3.63, 3.8) is 0 Å². The second-order valence-corrected chi connectivity index (χ2v) is 7.93. The number of imidazole rings is 1. The first-order valence-corrected chi connectivity index (χ1v) is 10.0. The van der Waals surface area contributed by atoms with E-state index in [2.05, 4.69) is 20.5 Å². The normalized spacial score (nSPS) is 15.7. The van der Waals surface area contributed by atoms with E-state index in [0.717, 1.165) is 24.4 Å². The number of rotatable bonds is 5. The SMILES string of the molecule is Cc1[nH]nc(Cl)c1NC(=O)c1cc(F)c(-c2cn3c(n2)C(C)CC3)cc1OCC(F)(F)F. The van der Waals surface area contributed by atoms with Crippen LogP contribution in [0.25, 0.3) is 11.3 Å². The number of hydrogen-bond acceptors (Lipinski definition) is 4. The van der Waals surface area contributed by atoms with E-state index in [1.54, 1.807) is 13.1 Å². The molecular formula is C20H18ClF4N5O2. The molecule has 0 bridgehead atoms. The summed E-state index contributed by atoms with van der Waals surface area (Å²) in [7, 11) is 0. The lowest BCUT2D eigenvalue weighted by atomic mass is 10.1. The molecule has 12 heteroatoms. The van der Waals surface area contributed by atoms with Crippen LogP contribution in [0.2, 0.25) is 5.15 Å². The van der Waals surface area contributed by atoms with Gasteiger partial charge in [0.15, 0.2) is 11.8 Å². The van der Waals surface area contributed by atoms with Crippen molar-refractivity contribution in [1.29, 1.82) is 0 Å². The third-order valence-electron chi connectivity index (χ3n) is 5.17. The van der Waals surface area contributed by atoms with Crippen LogP contribution >= 0.6 is 11.6 Å². The van der Waals surface area contributed by atoms with Crippen molar-refractivity contribution in [3.05, 3.63) is 46.4 Å². The number of ether oxygens (including phenoxy) is 1. The highest BCUT2D eigenvalue weighted by atomic mass is 35.5. The Morgan fingerprint density at radius 1 is 1.41 bits per heavy atom. The molecule has 0 fully saturated rings. The molecule has 0 saturated heterocycles. The molecule has 7 nitrogen and oxygen atoms in total. The van der Waals surface area contributed by atoms with Gasteiger partial charge in [-0.25, -0.2) is 9.37 Å². The van der Waals surface area contributed by atoms with Crippen molar-refractivity contribution in [2.75, 3.05) is 11.9 Å². The van der Waals surface area contributed by atoms with Crippen LogP contribution in [0.4, 0.5) is 23.2 Å². The van der Waals surface area contributed by atoms with E-state index < -0.39 is 35.8 Å². The number of anilines is 1. The number of amides is 1. The largest absolute Gasteiger partial charge is 0.483 e. The van der Waals surface area contributed by atoms with Gasteiger partial charge in [0.05, 0.1) is 17.0 Å². The topological polar surface area (TPSA) is 84.8 Å². The Hall–Kier alpha value is -3.08. The molecule has 3 aromatic rings. The fourth-order valence-electron chi connectivity index (χ4n) is 3.53. The number of carbonyl (C=O) groups excluding carboxylic acids is 1. The maximum atomic E-state index is 15.0. The van der Waals surface area contributed by atoms with Crippen LogP contribution in [0.1, 0.15) is 41.1 Å². The van der Waals surface area contributed by atoms with Crippen molar-refractivity contribution >= 4 is 23.2 Å². The van der Waals surface area contributed by atoms with Crippen LogP contribution in [-0.4, -0.2) is 38.4 Å². The van der Waals surface area contributed by atoms with Gasteiger partial charge in [-0.1, -0.05) is 18.5 Å². The molecule has 0 aliphatic carbocycles. The minimum atomic E-state index is -4.65. The number of hydrogen-bond donors (Lipinski definition) is 2. The zero-order chi connectivity index (χ0) is 23.2. The fourth-order valence-corrected chi connectivity index (χ4v) is 3.76. The Morgan fingerprint density at radius 2 is 2.16 bits per heavy atom. The van der Waals surface area contributed by atoms with E-state index in [1.807, 2.05) is 11.5 Å². The number of nitrogens with zero attached hydrogens (tertiary/aromatic N) is 3. The molecule has 32 heavy (non-hydrogen) atoms. The summed E-state index contributed by atoms with van der Waals surface area (Å²) in [6.07, 6.45) is -2.11. The highest BCUT2D eigenvalue weighted by Crippen LogP contribution is 2.35. The van der Waals surface area contributed by atoms with Crippen molar-refractivity contribution in [3.8, 4) is 17.0 Å². The number of halogens is 5. The molecule has 2 aromatic heterocycles. The maximum absolute atomic E-state index is 15.0. The Morgan fingerprint density at radius 3 is 2.78 bits per heavy atom. The molecule has 1 atom stereocenters. The van der Waals surface area contributed by atoms with Crippen LogP contribution in [0.15, 0.2) is 18.3 Å². The van der Waals surface area contributed by atoms with Crippen molar-refractivity contribution in [2.45, 2.75) is 38.9 Å². The van der Waals surface area contributed by atoms with Crippen molar-refractivity contribution in [1.82, 2.24) is 19.7 Å². The predicted molar refractivity (Wildman–Crippen MR) is 108 cm³/mol. The number of aromatic amines is 1.